The number of carbonyl (C=O) groups is 2. The lowest BCUT2D eigenvalue weighted by atomic mass is 9.66. The number of nitrogens with zero attached hydrogens (tertiary/aromatic N) is 3. The molecule has 1 N–H and O–H groups in total. The van der Waals surface area contributed by atoms with E-state index in [0.29, 0.717) is 11.6 Å². The Morgan fingerprint density at radius 3 is 2.40 bits per heavy atom. The van der Waals surface area contributed by atoms with Gasteiger partial charge >= 0.3 is 0 Å². The second-order valence-electron chi connectivity index (χ2n) is 9.44. The van der Waals surface area contributed by atoms with Gasteiger partial charge in [0.05, 0.1) is 6.04 Å². The van der Waals surface area contributed by atoms with Gasteiger partial charge in [0.2, 0.25) is 5.91 Å². The summed E-state index contributed by atoms with van der Waals surface area (Å²) in [5.74, 6) is 0.401. The maximum absolute atomic E-state index is 13.4. The average Bonchev–Trinajstić information content (AvgIpc) is 3.43. The first-order valence-electron chi connectivity index (χ1n) is 11.4. The third kappa shape index (κ3) is 3.31. The van der Waals surface area contributed by atoms with E-state index in [-0.39, 0.29) is 17.4 Å². The van der Waals surface area contributed by atoms with E-state index in [1.54, 1.807) is 0 Å². The van der Waals surface area contributed by atoms with Gasteiger partial charge in [-0.3, -0.25) is 14.5 Å². The molecule has 1 aromatic heterocycles. The predicted octanol–water partition coefficient (Wildman–Crippen LogP) is 3.11. The van der Waals surface area contributed by atoms with Gasteiger partial charge in [0, 0.05) is 37.1 Å². The van der Waals surface area contributed by atoms with Crippen LogP contribution in [0, 0.1) is 5.41 Å². The van der Waals surface area contributed by atoms with Crippen molar-refractivity contribution in [3.05, 3.63) is 36.0 Å². The van der Waals surface area contributed by atoms with Gasteiger partial charge in [-0.25, -0.2) is 0 Å². The van der Waals surface area contributed by atoms with E-state index in [0.717, 1.165) is 82.2 Å². The molecule has 6 nitrogen and oxygen atoms in total. The fourth-order valence-corrected chi connectivity index (χ4v) is 6.01. The highest BCUT2D eigenvalue weighted by molar-refractivity contribution is 5.98. The molecule has 1 aromatic carbocycles. The van der Waals surface area contributed by atoms with Crippen LogP contribution in [0.1, 0.15) is 49.0 Å². The Bertz CT molecular complexity index is 905. The third-order valence-corrected chi connectivity index (χ3v) is 7.66. The van der Waals surface area contributed by atoms with E-state index in [2.05, 4.69) is 21.8 Å². The number of amides is 2. The summed E-state index contributed by atoms with van der Waals surface area (Å²) in [6.45, 7) is 4.26. The predicted molar refractivity (Wildman–Crippen MR) is 117 cm³/mol. The standard InChI is InChI=1S/C24H32N4O2/c1-26-12-6-9-24(21(26)23(30)27-13-4-5-14-27)10-15-28(16-11-24)22(29)20-17-18-7-2-3-8-19(18)25-20/h2-3,7-8,17,21,25H,4-6,9-16H2,1H3. The molecular weight excluding hydrogens is 376 g/mol. The highest BCUT2D eigenvalue weighted by atomic mass is 16.2. The lowest BCUT2D eigenvalue weighted by molar-refractivity contribution is -0.145. The van der Waals surface area contributed by atoms with Crippen molar-refractivity contribution in [3.63, 3.8) is 0 Å². The number of aromatic nitrogens is 1. The number of likely N-dealkylation sites (tertiary alicyclic amines) is 3. The quantitative estimate of drug-likeness (QED) is 0.831. The van der Waals surface area contributed by atoms with Crippen LogP contribution < -0.4 is 0 Å². The van der Waals surface area contributed by atoms with Crippen LogP contribution in [0.4, 0.5) is 0 Å². The normalized spacial score (nSPS) is 24.6. The number of hydrogen-bond acceptors (Lipinski definition) is 3. The molecule has 0 aliphatic carbocycles. The number of fused-ring (bicyclic) bond motifs is 1. The molecule has 2 amide bonds. The van der Waals surface area contributed by atoms with Crippen molar-refractivity contribution in [1.82, 2.24) is 19.7 Å². The van der Waals surface area contributed by atoms with Crippen LogP contribution in [0.25, 0.3) is 10.9 Å². The molecule has 1 atom stereocenters. The van der Waals surface area contributed by atoms with Gasteiger partial charge in [-0.05, 0) is 69.7 Å². The Morgan fingerprint density at radius 1 is 0.933 bits per heavy atom. The fraction of sp³-hybridized carbons (Fsp3) is 0.583. The molecule has 30 heavy (non-hydrogen) atoms. The molecule has 3 fully saturated rings. The topological polar surface area (TPSA) is 59.7 Å². The molecule has 0 saturated carbocycles. The van der Waals surface area contributed by atoms with E-state index in [9.17, 15) is 9.59 Å². The number of rotatable bonds is 2. The maximum atomic E-state index is 13.4. The summed E-state index contributed by atoms with van der Waals surface area (Å²) in [5.41, 5.74) is 1.67. The molecule has 3 aliphatic rings. The summed E-state index contributed by atoms with van der Waals surface area (Å²) >= 11 is 0. The number of aromatic amines is 1. The van der Waals surface area contributed by atoms with E-state index in [4.69, 9.17) is 0 Å². The van der Waals surface area contributed by atoms with Crippen LogP contribution >= 0.6 is 0 Å². The molecule has 160 valence electrons. The molecule has 1 unspecified atom stereocenters. The van der Waals surface area contributed by atoms with E-state index in [1.807, 2.05) is 35.2 Å². The van der Waals surface area contributed by atoms with Crippen molar-refractivity contribution in [2.45, 2.75) is 44.6 Å². The van der Waals surface area contributed by atoms with Crippen molar-refractivity contribution in [2.75, 3.05) is 39.8 Å². The number of carbonyl (C=O) groups excluding carboxylic acids is 2. The number of likely N-dealkylation sites (N-methyl/N-ethyl adjacent to an activating group) is 1. The van der Waals surface area contributed by atoms with Gasteiger partial charge in [0.25, 0.3) is 5.91 Å². The first kappa shape index (κ1) is 19.6. The molecule has 5 rings (SSSR count). The SMILES string of the molecule is CN1CCCC2(CCN(C(=O)c3cc4ccccc4[nH]3)CC2)C1C(=O)N1CCCC1. The fourth-order valence-electron chi connectivity index (χ4n) is 6.01. The van der Waals surface area contributed by atoms with Crippen LogP contribution in [0.15, 0.2) is 30.3 Å². The molecule has 1 spiro atoms. The molecule has 0 radical (unpaired) electrons. The highest BCUT2D eigenvalue weighted by Gasteiger charge is 2.50. The number of benzene rings is 1. The summed E-state index contributed by atoms with van der Waals surface area (Å²) in [6, 6.07) is 9.93. The maximum Gasteiger partial charge on any atom is 0.270 e. The smallest absolute Gasteiger partial charge is 0.270 e. The lowest BCUT2D eigenvalue weighted by Gasteiger charge is -2.52. The van der Waals surface area contributed by atoms with Crippen LogP contribution in [-0.2, 0) is 4.79 Å². The lowest BCUT2D eigenvalue weighted by Crippen LogP contribution is -2.61. The Hall–Kier alpha value is -2.34. The molecule has 2 aromatic rings. The van der Waals surface area contributed by atoms with Gasteiger partial charge in [-0.15, -0.1) is 0 Å². The van der Waals surface area contributed by atoms with Crippen molar-refractivity contribution in [2.24, 2.45) is 5.41 Å². The van der Waals surface area contributed by atoms with Crippen LogP contribution in [0.5, 0.6) is 0 Å². The summed E-state index contributed by atoms with van der Waals surface area (Å²) < 4.78 is 0. The minimum absolute atomic E-state index is 0.00387. The molecular formula is C24H32N4O2. The summed E-state index contributed by atoms with van der Waals surface area (Å²) in [7, 11) is 2.11. The Labute approximate surface area is 178 Å². The minimum Gasteiger partial charge on any atom is -0.351 e. The zero-order chi connectivity index (χ0) is 20.7. The summed E-state index contributed by atoms with van der Waals surface area (Å²) in [4.78, 5) is 36.2. The van der Waals surface area contributed by atoms with Crippen molar-refractivity contribution >= 4 is 22.7 Å². The number of nitrogens with one attached hydrogen (secondary N) is 1. The van der Waals surface area contributed by atoms with Gasteiger partial charge in [-0.1, -0.05) is 18.2 Å². The minimum atomic E-state index is -0.0327. The van der Waals surface area contributed by atoms with E-state index < -0.39 is 0 Å². The Balaban J connectivity index is 1.32. The number of piperidine rings is 2. The Kier molecular flexibility index (Phi) is 5.05. The summed E-state index contributed by atoms with van der Waals surface area (Å²) in [6.07, 6.45) is 6.30. The second-order valence-corrected chi connectivity index (χ2v) is 9.44. The van der Waals surface area contributed by atoms with E-state index >= 15 is 0 Å². The van der Waals surface area contributed by atoms with E-state index in [1.165, 1.54) is 0 Å². The first-order chi connectivity index (χ1) is 14.6. The molecule has 3 aliphatic heterocycles. The third-order valence-electron chi connectivity index (χ3n) is 7.66. The van der Waals surface area contributed by atoms with Crippen LogP contribution in [0.2, 0.25) is 0 Å². The molecule has 3 saturated heterocycles. The first-order valence-corrected chi connectivity index (χ1v) is 11.4. The van der Waals surface area contributed by atoms with Crippen LogP contribution in [0.3, 0.4) is 0 Å². The largest absolute Gasteiger partial charge is 0.351 e. The van der Waals surface area contributed by atoms with Crippen molar-refractivity contribution < 1.29 is 9.59 Å². The average molecular weight is 409 g/mol. The number of para-hydroxylation sites is 1. The van der Waals surface area contributed by atoms with Crippen molar-refractivity contribution in [1.29, 1.82) is 0 Å². The van der Waals surface area contributed by atoms with Gasteiger partial charge in [0.1, 0.15) is 5.69 Å². The monoisotopic (exact) mass is 408 g/mol. The number of H-pyrrole nitrogens is 1. The zero-order valence-corrected chi connectivity index (χ0v) is 17.9. The van der Waals surface area contributed by atoms with Gasteiger partial charge in [-0.2, -0.15) is 0 Å². The van der Waals surface area contributed by atoms with Crippen molar-refractivity contribution in [3.8, 4) is 0 Å². The molecule has 6 heteroatoms. The van der Waals surface area contributed by atoms with Gasteiger partial charge in [0.15, 0.2) is 0 Å². The molecule has 4 heterocycles. The molecule has 0 bridgehead atoms. The Morgan fingerprint density at radius 2 is 1.67 bits per heavy atom. The zero-order valence-electron chi connectivity index (χ0n) is 17.9. The number of hydrogen-bond donors (Lipinski definition) is 1. The second kappa shape index (κ2) is 7.73. The highest BCUT2D eigenvalue weighted by Crippen LogP contribution is 2.45. The van der Waals surface area contributed by atoms with Gasteiger partial charge < -0.3 is 14.8 Å². The van der Waals surface area contributed by atoms with Crippen LogP contribution in [-0.4, -0.2) is 77.3 Å². The summed E-state index contributed by atoms with van der Waals surface area (Å²) in [5, 5.41) is 1.07.